The quantitative estimate of drug-likeness (QED) is 0.766. The number of pyridine rings is 1. The first-order chi connectivity index (χ1) is 10.9. The number of carbonyl (C=O) groups excluding carboxylic acids is 3. The predicted molar refractivity (Wildman–Crippen MR) is 82.6 cm³/mol. The Labute approximate surface area is 136 Å². The van der Waals surface area contributed by atoms with Crippen molar-refractivity contribution in [3.05, 3.63) is 28.2 Å². The van der Waals surface area contributed by atoms with Gasteiger partial charge in [-0.05, 0) is 0 Å². The molecule has 2 aliphatic rings. The standard InChI is InChI=1S/C14H15N3O5S/c1-15-6-9(10(22-2)3-11(15)18)13(20)16-4-8(5-16)17-12(19)7-23-14(17)21/h3,6,8H,4-5,7H2,1-2H3. The predicted octanol–water partition coefficient (Wildman–Crippen LogP) is -0.0863. The van der Waals surface area contributed by atoms with E-state index in [0.717, 1.165) is 11.8 Å². The van der Waals surface area contributed by atoms with Crippen LogP contribution in [0.3, 0.4) is 0 Å². The van der Waals surface area contributed by atoms with Crippen LogP contribution in [0.2, 0.25) is 0 Å². The number of hydrogen-bond donors (Lipinski definition) is 0. The molecule has 0 spiro atoms. The fourth-order valence-corrected chi connectivity index (χ4v) is 3.39. The molecule has 2 saturated heterocycles. The van der Waals surface area contributed by atoms with Crippen molar-refractivity contribution in [1.29, 1.82) is 0 Å². The van der Waals surface area contributed by atoms with Crippen LogP contribution in [0.4, 0.5) is 4.79 Å². The highest BCUT2D eigenvalue weighted by Crippen LogP contribution is 2.28. The highest BCUT2D eigenvalue weighted by Gasteiger charge is 2.43. The number of hydrogen-bond acceptors (Lipinski definition) is 6. The number of likely N-dealkylation sites (tertiary alicyclic amines) is 1. The fourth-order valence-electron chi connectivity index (χ4n) is 2.61. The fraction of sp³-hybridized carbons (Fsp3) is 0.429. The van der Waals surface area contributed by atoms with Gasteiger partial charge in [0.25, 0.3) is 16.7 Å². The van der Waals surface area contributed by atoms with E-state index in [0.29, 0.717) is 13.1 Å². The second-order valence-electron chi connectivity index (χ2n) is 5.39. The van der Waals surface area contributed by atoms with Crippen molar-refractivity contribution in [2.75, 3.05) is 26.0 Å². The zero-order valence-electron chi connectivity index (χ0n) is 12.6. The molecule has 3 heterocycles. The van der Waals surface area contributed by atoms with E-state index in [-0.39, 0.29) is 45.7 Å². The average Bonchev–Trinajstić information content (AvgIpc) is 2.80. The summed E-state index contributed by atoms with van der Waals surface area (Å²) in [7, 11) is 2.94. The highest BCUT2D eigenvalue weighted by molar-refractivity contribution is 8.14. The number of amides is 3. The Balaban J connectivity index is 1.74. The summed E-state index contributed by atoms with van der Waals surface area (Å²) in [6, 6.07) is 0.988. The van der Waals surface area contributed by atoms with Crippen LogP contribution < -0.4 is 10.3 Å². The Morgan fingerprint density at radius 2 is 2.00 bits per heavy atom. The summed E-state index contributed by atoms with van der Waals surface area (Å²) in [5.74, 6) is -0.125. The zero-order valence-corrected chi connectivity index (χ0v) is 13.5. The molecule has 2 fully saturated rings. The van der Waals surface area contributed by atoms with Gasteiger partial charge in [-0.25, -0.2) is 0 Å². The van der Waals surface area contributed by atoms with Gasteiger partial charge in [0.1, 0.15) is 5.75 Å². The van der Waals surface area contributed by atoms with Crippen molar-refractivity contribution in [3.8, 4) is 5.75 Å². The summed E-state index contributed by atoms with van der Waals surface area (Å²) in [4.78, 5) is 50.2. The lowest BCUT2D eigenvalue weighted by Gasteiger charge is -2.42. The van der Waals surface area contributed by atoms with Crippen molar-refractivity contribution in [1.82, 2.24) is 14.4 Å². The molecule has 3 rings (SSSR count). The van der Waals surface area contributed by atoms with Crippen LogP contribution in [0.1, 0.15) is 10.4 Å². The van der Waals surface area contributed by atoms with Crippen molar-refractivity contribution < 1.29 is 19.1 Å². The number of methoxy groups -OCH3 is 1. The van der Waals surface area contributed by atoms with Crippen molar-refractivity contribution in [2.45, 2.75) is 6.04 Å². The zero-order chi connectivity index (χ0) is 16.7. The van der Waals surface area contributed by atoms with Gasteiger partial charge in [0.2, 0.25) is 5.91 Å². The minimum Gasteiger partial charge on any atom is -0.496 e. The van der Waals surface area contributed by atoms with Crippen molar-refractivity contribution in [3.63, 3.8) is 0 Å². The second-order valence-corrected chi connectivity index (χ2v) is 6.31. The first-order valence-electron chi connectivity index (χ1n) is 6.95. The van der Waals surface area contributed by atoms with E-state index in [1.807, 2.05) is 0 Å². The Hall–Kier alpha value is -2.29. The Kier molecular flexibility index (Phi) is 3.88. The first kappa shape index (κ1) is 15.6. The lowest BCUT2D eigenvalue weighted by Crippen LogP contribution is -2.62. The largest absolute Gasteiger partial charge is 0.496 e. The summed E-state index contributed by atoms with van der Waals surface area (Å²) in [5.41, 5.74) is 0.00618. The molecular formula is C14H15N3O5S. The summed E-state index contributed by atoms with van der Waals surface area (Å²) < 4.78 is 6.40. The Bertz CT molecular complexity index is 737. The molecule has 0 bridgehead atoms. The number of nitrogens with zero attached hydrogens (tertiary/aromatic N) is 3. The number of carbonyl (C=O) groups is 3. The molecule has 122 valence electrons. The monoisotopic (exact) mass is 337 g/mol. The number of ether oxygens (including phenoxy) is 1. The number of aryl methyl sites for hydroxylation is 1. The third kappa shape index (κ3) is 2.61. The lowest BCUT2D eigenvalue weighted by atomic mass is 10.1. The van der Waals surface area contributed by atoms with E-state index in [4.69, 9.17) is 4.74 Å². The smallest absolute Gasteiger partial charge is 0.289 e. The van der Waals surface area contributed by atoms with Crippen LogP contribution in [-0.4, -0.2) is 63.4 Å². The molecular weight excluding hydrogens is 322 g/mol. The van der Waals surface area contributed by atoms with Gasteiger partial charge in [0.05, 0.1) is 24.5 Å². The summed E-state index contributed by atoms with van der Waals surface area (Å²) >= 11 is 0.983. The summed E-state index contributed by atoms with van der Waals surface area (Å²) in [6.07, 6.45) is 1.43. The second kappa shape index (κ2) is 5.73. The van der Waals surface area contributed by atoms with Crippen LogP contribution in [-0.2, 0) is 11.8 Å². The molecule has 1 aromatic rings. The van der Waals surface area contributed by atoms with Gasteiger partial charge in [-0.2, -0.15) is 0 Å². The normalized spacial score (nSPS) is 18.3. The minimum absolute atomic E-state index is 0.165. The average molecular weight is 337 g/mol. The van der Waals surface area contributed by atoms with E-state index in [9.17, 15) is 19.2 Å². The molecule has 0 radical (unpaired) electrons. The van der Waals surface area contributed by atoms with Crippen LogP contribution >= 0.6 is 11.8 Å². The van der Waals surface area contributed by atoms with Crippen molar-refractivity contribution >= 4 is 28.8 Å². The molecule has 9 heteroatoms. The number of aromatic nitrogens is 1. The van der Waals surface area contributed by atoms with Gasteiger partial charge in [-0.15, -0.1) is 0 Å². The van der Waals surface area contributed by atoms with Gasteiger partial charge >= 0.3 is 0 Å². The topological polar surface area (TPSA) is 88.9 Å². The SMILES string of the molecule is COc1cc(=O)n(C)cc1C(=O)N1CC(N2C(=O)CSC2=O)C1. The van der Waals surface area contributed by atoms with Gasteiger partial charge in [0, 0.05) is 32.4 Å². The molecule has 3 amide bonds. The Morgan fingerprint density at radius 1 is 1.30 bits per heavy atom. The van der Waals surface area contributed by atoms with Crippen LogP contribution in [0, 0.1) is 0 Å². The molecule has 8 nitrogen and oxygen atoms in total. The maximum absolute atomic E-state index is 12.5. The maximum Gasteiger partial charge on any atom is 0.289 e. The van der Waals surface area contributed by atoms with E-state index >= 15 is 0 Å². The molecule has 0 unspecified atom stereocenters. The van der Waals surface area contributed by atoms with Crippen molar-refractivity contribution in [2.24, 2.45) is 7.05 Å². The van der Waals surface area contributed by atoms with Gasteiger partial charge in [0.15, 0.2) is 0 Å². The van der Waals surface area contributed by atoms with E-state index in [2.05, 4.69) is 0 Å². The van der Waals surface area contributed by atoms with Gasteiger partial charge < -0.3 is 14.2 Å². The van der Waals surface area contributed by atoms with Gasteiger partial charge in [-0.3, -0.25) is 24.1 Å². The molecule has 2 aliphatic heterocycles. The van der Waals surface area contributed by atoms with Gasteiger partial charge in [-0.1, -0.05) is 11.8 Å². The summed E-state index contributed by atoms with van der Waals surface area (Å²) in [5, 5.41) is -0.258. The molecule has 0 saturated carbocycles. The molecule has 23 heavy (non-hydrogen) atoms. The Morgan fingerprint density at radius 3 is 2.57 bits per heavy atom. The first-order valence-corrected chi connectivity index (χ1v) is 7.93. The minimum atomic E-state index is -0.291. The maximum atomic E-state index is 12.5. The van der Waals surface area contributed by atoms with Crippen LogP contribution in [0.25, 0.3) is 0 Å². The third-order valence-electron chi connectivity index (χ3n) is 3.94. The molecule has 0 aliphatic carbocycles. The molecule has 0 N–H and O–H groups in total. The van der Waals surface area contributed by atoms with E-state index < -0.39 is 0 Å². The highest BCUT2D eigenvalue weighted by atomic mass is 32.2. The van der Waals surface area contributed by atoms with E-state index in [1.165, 1.54) is 33.7 Å². The van der Waals surface area contributed by atoms with E-state index in [1.54, 1.807) is 7.05 Å². The number of rotatable bonds is 3. The lowest BCUT2D eigenvalue weighted by molar-refractivity contribution is -0.128. The summed E-state index contributed by atoms with van der Waals surface area (Å²) in [6.45, 7) is 0.589. The molecule has 0 atom stereocenters. The number of imide groups is 1. The van der Waals surface area contributed by atoms with Crippen LogP contribution in [0.5, 0.6) is 5.75 Å². The molecule has 0 aromatic carbocycles. The molecule has 1 aromatic heterocycles. The third-order valence-corrected chi connectivity index (χ3v) is 4.77. The van der Waals surface area contributed by atoms with Crippen LogP contribution in [0.15, 0.2) is 17.1 Å². The number of thioether (sulfide) groups is 1.